The molecule has 2 heterocycles. The lowest BCUT2D eigenvalue weighted by Crippen LogP contribution is -2.47. The maximum Gasteiger partial charge on any atom is 0.349 e. The summed E-state index contributed by atoms with van der Waals surface area (Å²) in [7, 11) is 0. The number of aliphatic hydroxyl groups is 1. The Morgan fingerprint density at radius 3 is 2.67 bits per heavy atom. The van der Waals surface area contributed by atoms with Crippen molar-refractivity contribution in [1.29, 1.82) is 0 Å². The van der Waals surface area contributed by atoms with Gasteiger partial charge in [0.25, 0.3) is 5.91 Å². The average Bonchev–Trinajstić information content (AvgIpc) is 2.53. The minimum absolute atomic E-state index is 0.0121. The van der Waals surface area contributed by atoms with Crippen LogP contribution in [-0.4, -0.2) is 36.4 Å². The molecule has 1 saturated heterocycles. The molecule has 1 atom stereocenters. The Hall–Kier alpha value is -1.66. The van der Waals surface area contributed by atoms with Crippen LogP contribution in [0, 0.1) is 6.92 Å². The molecular weight excluding hydrogens is 310 g/mol. The van der Waals surface area contributed by atoms with E-state index in [9.17, 15) is 14.7 Å². The molecular formula is C18H27NO5. The summed E-state index contributed by atoms with van der Waals surface area (Å²) in [5.74, 6) is 0.247. The van der Waals surface area contributed by atoms with Gasteiger partial charge in [0.2, 0.25) is 0 Å². The van der Waals surface area contributed by atoms with E-state index in [2.05, 4.69) is 12.2 Å². The molecule has 0 saturated carbocycles. The van der Waals surface area contributed by atoms with Gasteiger partial charge in [-0.3, -0.25) is 4.79 Å². The molecule has 0 bridgehead atoms. The zero-order valence-electron chi connectivity index (χ0n) is 14.7. The van der Waals surface area contributed by atoms with E-state index in [1.54, 1.807) is 13.0 Å². The van der Waals surface area contributed by atoms with E-state index in [-0.39, 0.29) is 18.0 Å². The Kier molecular flexibility index (Phi) is 6.18. The molecule has 1 aromatic rings. The van der Waals surface area contributed by atoms with Crippen LogP contribution >= 0.6 is 0 Å². The number of carbonyl (C=O) groups is 1. The third-order valence-electron chi connectivity index (χ3n) is 4.60. The molecule has 1 aliphatic heterocycles. The van der Waals surface area contributed by atoms with E-state index in [0.717, 1.165) is 12.8 Å². The number of hydrogen-bond acceptors (Lipinski definition) is 5. The van der Waals surface area contributed by atoms with Gasteiger partial charge in [0, 0.05) is 38.5 Å². The highest BCUT2D eigenvalue weighted by molar-refractivity contribution is 5.95. The number of amides is 1. The molecule has 0 aliphatic carbocycles. The molecule has 2 N–H and O–H groups in total. The van der Waals surface area contributed by atoms with Gasteiger partial charge in [-0.2, -0.15) is 0 Å². The Morgan fingerprint density at radius 1 is 1.42 bits per heavy atom. The van der Waals surface area contributed by atoms with Crippen LogP contribution < -0.4 is 10.9 Å². The van der Waals surface area contributed by atoms with Crippen molar-refractivity contribution in [3.63, 3.8) is 0 Å². The summed E-state index contributed by atoms with van der Waals surface area (Å²) >= 11 is 0. The second-order valence-electron chi connectivity index (χ2n) is 6.70. The predicted molar refractivity (Wildman–Crippen MR) is 90.4 cm³/mol. The SMILES string of the molecule is CCCC(C)c1cc(C)c(C(=O)NCC2(O)CCOCC2)c(=O)o1. The van der Waals surface area contributed by atoms with E-state index in [1.807, 2.05) is 6.92 Å². The Labute approximate surface area is 142 Å². The first-order valence-electron chi connectivity index (χ1n) is 8.59. The third-order valence-corrected chi connectivity index (χ3v) is 4.60. The molecule has 1 aromatic heterocycles. The summed E-state index contributed by atoms with van der Waals surface area (Å²) in [5.41, 5.74) is -0.986. The van der Waals surface area contributed by atoms with Gasteiger partial charge in [0.15, 0.2) is 0 Å². The van der Waals surface area contributed by atoms with Gasteiger partial charge < -0.3 is 19.6 Å². The summed E-state index contributed by atoms with van der Waals surface area (Å²) in [6, 6.07) is 1.76. The van der Waals surface area contributed by atoms with Gasteiger partial charge in [-0.25, -0.2) is 4.79 Å². The van der Waals surface area contributed by atoms with Gasteiger partial charge >= 0.3 is 5.63 Å². The fraction of sp³-hybridized carbons (Fsp3) is 0.667. The number of aryl methyl sites for hydroxylation is 1. The van der Waals surface area contributed by atoms with E-state index >= 15 is 0 Å². The first-order chi connectivity index (χ1) is 11.4. The standard InChI is InChI=1S/C18H27NO5/c1-4-5-12(2)14-10-13(3)15(17(21)24-14)16(20)19-11-18(22)6-8-23-9-7-18/h10,12,22H,4-9,11H2,1-3H3,(H,19,20). The van der Waals surface area contributed by atoms with Crippen molar-refractivity contribution in [2.75, 3.05) is 19.8 Å². The number of nitrogens with one attached hydrogen (secondary N) is 1. The highest BCUT2D eigenvalue weighted by atomic mass is 16.5. The van der Waals surface area contributed by atoms with Crippen LogP contribution in [-0.2, 0) is 4.74 Å². The van der Waals surface area contributed by atoms with Crippen molar-refractivity contribution in [2.24, 2.45) is 0 Å². The van der Waals surface area contributed by atoms with Crippen LogP contribution in [0.25, 0.3) is 0 Å². The Bertz CT molecular complexity index is 631. The normalized spacial score (nSPS) is 18.2. The summed E-state index contributed by atoms with van der Waals surface area (Å²) in [5, 5.41) is 13.0. The van der Waals surface area contributed by atoms with Crippen molar-refractivity contribution < 1.29 is 19.1 Å². The number of carbonyl (C=O) groups excluding carboxylic acids is 1. The summed E-state index contributed by atoms with van der Waals surface area (Å²) < 4.78 is 10.6. The molecule has 0 radical (unpaired) electrons. The second-order valence-corrected chi connectivity index (χ2v) is 6.70. The quantitative estimate of drug-likeness (QED) is 0.830. The van der Waals surface area contributed by atoms with Gasteiger partial charge in [0.05, 0.1) is 5.60 Å². The topological polar surface area (TPSA) is 88.8 Å². The maximum atomic E-state index is 12.4. The lowest BCUT2D eigenvalue weighted by molar-refractivity contribution is -0.0605. The zero-order chi connectivity index (χ0) is 17.7. The minimum Gasteiger partial charge on any atom is -0.427 e. The molecule has 134 valence electrons. The van der Waals surface area contributed by atoms with Crippen LogP contribution in [0.3, 0.4) is 0 Å². The lowest BCUT2D eigenvalue weighted by atomic mass is 9.94. The van der Waals surface area contributed by atoms with Crippen molar-refractivity contribution in [3.8, 4) is 0 Å². The molecule has 6 heteroatoms. The highest BCUT2D eigenvalue weighted by Gasteiger charge is 2.31. The van der Waals surface area contributed by atoms with Gasteiger partial charge in [-0.15, -0.1) is 0 Å². The monoisotopic (exact) mass is 337 g/mol. The molecule has 1 aliphatic rings. The maximum absolute atomic E-state index is 12.4. The number of hydrogen-bond donors (Lipinski definition) is 2. The highest BCUT2D eigenvalue weighted by Crippen LogP contribution is 2.22. The first kappa shape index (κ1) is 18.7. The van der Waals surface area contributed by atoms with Crippen LogP contribution in [0.2, 0.25) is 0 Å². The van der Waals surface area contributed by atoms with E-state index in [4.69, 9.17) is 9.15 Å². The Morgan fingerprint density at radius 2 is 2.08 bits per heavy atom. The van der Waals surface area contributed by atoms with E-state index < -0.39 is 17.1 Å². The number of ether oxygens (including phenoxy) is 1. The van der Waals surface area contributed by atoms with Gasteiger partial charge in [0.1, 0.15) is 11.3 Å². The van der Waals surface area contributed by atoms with Crippen molar-refractivity contribution in [3.05, 3.63) is 33.4 Å². The largest absolute Gasteiger partial charge is 0.427 e. The molecule has 1 amide bonds. The van der Waals surface area contributed by atoms with Crippen LogP contribution in [0.5, 0.6) is 0 Å². The molecule has 1 unspecified atom stereocenters. The number of rotatable bonds is 6. The average molecular weight is 337 g/mol. The third kappa shape index (κ3) is 4.45. The fourth-order valence-corrected chi connectivity index (χ4v) is 2.99. The summed E-state index contributed by atoms with van der Waals surface area (Å²) in [6.45, 7) is 6.85. The van der Waals surface area contributed by atoms with Crippen LogP contribution in [0.4, 0.5) is 0 Å². The lowest BCUT2D eigenvalue weighted by Gasteiger charge is -2.32. The summed E-state index contributed by atoms with van der Waals surface area (Å²) in [6.07, 6.45) is 2.85. The van der Waals surface area contributed by atoms with Crippen LogP contribution in [0.15, 0.2) is 15.3 Å². The predicted octanol–water partition coefficient (Wildman–Crippen LogP) is 2.12. The molecule has 6 nitrogen and oxygen atoms in total. The molecule has 24 heavy (non-hydrogen) atoms. The van der Waals surface area contributed by atoms with E-state index in [1.165, 1.54) is 0 Å². The molecule has 1 fully saturated rings. The molecule has 0 aromatic carbocycles. The summed E-state index contributed by atoms with van der Waals surface area (Å²) in [4.78, 5) is 24.6. The first-order valence-corrected chi connectivity index (χ1v) is 8.59. The van der Waals surface area contributed by atoms with E-state index in [0.29, 0.717) is 37.4 Å². The fourth-order valence-electron chi connectivity index (χ4n) is 2.99. The Balaban J connectivity index is 2.10. The molecule has 2 rings (SSSR count). The minimum atomic E-state index is -0.975. The van der Waals surface area contributed by atoms with Crippen molar-refractivity contribution in [2.45, 2.75) is 58.0 Å². The smallest absolute Gasteiger partial charge is 0.349 e. The van der Waals surface area contributed by atoms with Crippen LogP contribution in [0.1, 0.15) is 67.1 Å². The van der Waals surface area contributed by atoms with Crippen molar-refractivity contribution in [1.82, 2.24) is 5.32 Å². The van der Waals surface area contributed by atoms with Gasteiger partial charge in [-0.05, 0) is 25.0 Å². The van der Waals surface area contributed by atoms with Crippen molar-refractivity contribution >= 4 is 5.91 Å². The second kappa shape index (κ2) is 7.94. The van der Waals surface area contributed by atoms with Gasteiger partial charge in [-0.1, -0.05) is 20.3 Å². The molecule has 0 spiro atoms. The zero-order valence-corrected chi connectivity index (χ0v) is 14.7.